The van der Waals surface area contributed by atoms with Gasteiger partial charge in [-0.15, -0.1) is 10.2 Å². The molecule has 1 fully saturated rings. The topological polar surface area (TPSA) is 160 Å². The smallest absolute Gasteiger partial charge is 0.379 e. The minimum Gasteiger partial charge on any atom is -0.496 e. The van der Waals surface area contributed by atoms with Crippen molar-refractivity contribution in [3.05, 3.63) is 52.7 Å². The van der Waals surface area contributed by atoms with Gasteiger partial charge in [0, 0.05) is 42.8 Å². The van der Waals surface area contributed by atoms with Gasteiger partial charge in [-0.05, 0) is 18.2 Å². The number of carbonyl (C=O) groups excluding carboxylic acids is 1. The highest BCUT2D eigenvalue weighted by molar-refractivity contribution is 7.99. The van der Waals surface area contributed by atoms with Gasteiger partial charge in [0.25, 0.3) is 5.91 Å². The summed E-state index contributed by atoms with van der Waals surface area (Å²) in [6, 6.07) is 8.25. The van der Waals surface area contributed by atoms with E-state index in [0.717, 1.165) is 35.9 Å². The largest absolute Gasteiger partial charge is 0.496 e. The zero-order chi connectivity index (χ0) is 28.1. The number of methoxy groups -OCH3 is 2. The Morgan fingerprint density at radius 2 is 1.90 bits per heavy atom. The molecule has 1 aliphatic rings. The lowest BCUT2D eigenvalue weighted by Crippen LogP contribution is -2.36. The molecular weight excluding hydrogens is 558 g/mol. The molecule has 210 valence electrons. The monoisotopic (exact) mass is 585 g/mol. The van der Waals surface area contributed by atoms with Crippen molar-refractivity contribution < 1.29 is 23.4 Å². The van der Waals surface area contributed by atoms with Crippen molar-refractivity contribution >= 4 is 40.0 Å². The number of hydrogen-bond donors (Lipinski definition) is 2. The van der Waals surface area contributed by atoms with Crippen LogP contribution < -0.4 is 30.9 Å². The molecule has 15 heteroatoms. The molecule has 13 nitrogen and oxygen atoms in total. The molecule has 4 aromatic rings. The summed E-state index contributed by atoms with van der Waals surface area (Å²) in [7, 11) is 3.01. The Morgan fingerprint density at radius 3 is 2.58 bits per heavy atom. The number of anilines is 2. The molecule has 5 rings (SSSR count). The standard InChI is InChI=1S/C25H27N7O6S2/c1-35-16-4-3-5-17(36-2)20(16)15-14-18(38-23(34)21(15)37-11-8-31-9-12-39-13-10-31)22(33)28-24-29-30-25(40-24)32-19(26)6-7-27-32/h3-7,14H,8-13,26H2,1-2H3,(H,28,29,33). The number of nitrogens with zero attached hydrogens (tertiary/aromatic N) is 5. The Bertz CT molecular complexity index is 1520. The molecule has 0 bridgehead atoms. The van der Waals surface area contributed by atoms with Crippen molar-refractivity contribution in [3.8, 4) is 33.5 Å². The molecule has 3 aromatic heterocycles. The maximum atomic E-state index is 13.2. The van der Waals surface area contributed by atoms with Crippen LogP contribution in [0.2, 0.25) is 0 Å². The van der Waals surface area contributed by atoms with Crippen LogP contribution in [0.4, 0.5) is 10.9 Å². The predicted molar refractivity (Wildman–Crippen MR) is 152 cm³/mol. The minimum atomic E-state index is -0.813. The van der Waals surface area contributed by atoms with Crippen molar-refractivity contribution in [1.29, 1.82) is 0 Å². The first-order chi connectivity index (χ1) is 19.5. The third kappa shape index (κ3) is 5.90. The second-order valence-corrected chi connectivity index (χ2v) is 10.7. The fourth-order valence-corrected chi connectivity index (χ4v) is 5.82. The summed E-state index contributed by atoms with van der Waals surface area (Å²) >= 11 is 2.96. The number of nitrogens with two attached hydrogens (primary N) is 1. The van der Waals surface area contributed by atoms with E-state index < -0.39 is 11.5 Å². The summed E-state index contributed by atoms with van der Waals surface area (Å²) in [6.45, 7) is 2.81. The van der Waals surface area contributed by atoms with Crippen LogP contribution in [0.25, 0.3) is 16.3 Å². The second kappa shape index (κ2) is 12.4. The minimum absolute atomic E-state index is 0.0434. The van der Waals surface area contributed by atoms with Gasteiger partial charge in [-0.25, -0.2) is 4.79 Å². The van der Waals surface area contributed by atoms with Crippen molar-refractivity contribution in [2.75, 3.05) is 63.0 Å². The van der Waals surface area contributed by atoms with Crippen molar-refractivity contribution in [1.82, 2.24) is 24.9 Å². The lowest BCUT2D eigenvalue weighted by molar-refractivity contribution is 0.0991. The van der Waals surface area contributed by atoms with Gasteiger partial charge in [0.2, 0.25) is 16.0 Å². The number of aromatic nitrogens is 4. The molecule has 40 heavy (non-hydrogen) atoms. The highest BCUT2D eigenvalue weighted by Crippen LogP contribution is 2.42. The van der Waals surface area contributed by atoms with E-state index in [0.29, 0.717) is 40.1 Å². The van der Waals surface area contributed by atoms with Crippen molar-refractivity contribution in [2.24, 2.45) is 0 Å². The first-order valence-corrected chi connectivity index (χ1v) is 14.2. The molecule has 3 N–H and O–H groups in total. The molecule has 4 heterocycles. The predicted octanol–water partition coefficient (Wildman–Crippen LogP) is 2.62. The van der Waals surface area contributed by atoms with Crippen LogP contribution in [0.1, 0.15) is 10.6 Å². The fourth-order valence-electron chi connectivity index (χ4n) is 4.12. The molecule has 0 radical (unpaired) electrons. The van der Waals surface area contributed by atoms with Gasteiger partial charge >= 0.3 is 5.63 Å². The van der Waals surface area contributed by atoms with E-state index in [4.69, 9.17) is 24.4 Å². The van der Waals surface area contributed by atoms with E-state index >= 15 is 0 Å². The highest BCUT2D eigenvalue weighted by Gasteiger charge is 2.25. The van der Waals surface area contributed by atoms with Crippen LogP contribution >= 0.6 is 23.1 Å². The third-order valence-electron chi connectivity index (χ3n) is 6.07. The normalized spacial score (nSPS) is 13.7. The first kappa shape index (κ1) is 27.5. The van der Waals surface area contributed by atoms with E-state index in [-0.39, 0.29) is 23.2 Å². The maximum Gasteiger partial charge on any atom is 0.379 e. The third-order valence-corrected chi connectivity index (χ3v) is 7.83. The number of nitrogen functional groups attached to an aromatic ring is 1. The van der Waals surface area contributed by atoms with E-state index in [1.165, 1.54) is 31.2 Å². The fraction of sp³-hybridized carbons (Fsp3) is 0.320. The summed E-state index contributed by atoms with van der Waals surface area (Å²) < 4.78 is 23.9. The van der Waals surface area contributed by atoms with Crippen LogP contribution in [-0.4, -0.2) is 82.8 Å². The summed E-state index contributed by atoms with van der Waals surface area (Å²) in [5.74, 6) is 2.33. The highest BCUT2D eigenvalue weighted by atomic mass is 32.2. The number of nitrogens with one attached hydrogen (secondary N) is 1. The molecule has 0 unspecified atom stereocenters. The number of benzene rings is 1. The van der Waals surface area contributed by atoms with Crippen molar-refractivity contribution in [2.45, 2.75) is 0 Å². The first-order valence-electron chi connectivity index (χ1n) is 12.3. The Hall–Kier alpha value is -4.08. The Kier molecular flexibility index (Phi) is 8.52. The lowest BCUT2D eigenvalue weighted by Gasteiger charge is -2.26. The van der Waals surface area contributed by atoms with Crippen LogP contribution in [0, 0.1) is 0 Å². The van der Waals surface area contributed by atoms with Crippen LogP contribution in [0.3, 0.4) is 0 Å². The van der Waals surface area contributed by atoms with Gasteiger partial charge < -0.3 is 24.4 Å². The average molecular weight is 586 g/mol. The van der Waals surface area contributed by atoms with Crippen LogP contribution in [0.15, 0.2) is 45.7 Å². The van der Waals surface area contributed by atoms with Gasteiger partial charge in [-0.2, -0.15) is 21.5 Å². The summed E-state index contributed by atoms with van der Waals surface area (Å²) in [6.07, 6.45) is 1.52. The maximum absolute atomic E-state index is 13.2. The number of rotatable bonds is 10. The Morgan fingerprint density at radius 1 is 1.15 bits per heavy atom. The van der Waals surface area contributed by atoms with E-state index in [9.17, 15) is 9.59 Å². The van der Waals surface area contributed by atoms with Crippen LogP contribution in [0.5, 0.6) is 17.2 Å². The number of hydrogen-bond acceptors (Lipinski definition) is 13. The van der Waals surface area contributed by atoms with E-state index in [1.54, 1.807) is 24.3 Å². The number of ether oxygens (including phenoxy) is 3. The number of thioether (sulfide) groups is 1. The molecular formula is C25H27N7O6S2. The average Bonchev–Trinajstić information content (AvgIpc) is 3.62. The van der Waals surface area contributed by atoms with E-state index in [2.05, 4.69) is 25.5 Å². The van der Waals surface area contributed by atoms with Gasteiger partial charge in [-0.3, -0.25) is 15.0 Å². The molecule has 1 saturated heterocycles. The quantitative estimate of drug-likeness (QED) is 0.280. The molecule has 1 aromatic carbocycles. The SMILES string of the molecule is COc1cccc(OC)c1-c1cc(C(=O)Nc2nnc(-n3nccc3N)s2)oc(=O)c1OCCN1CCSCC1. The molecule has 1 aliphatic heterocycles. The Labute approximate surface area is 237 Å². The second-order valence-electron chi connectivity index (χ2n) is 8.49. The lowest BCUT2D eigenvalue weighted by atomic mass is 10.0. The van der Waals surface area contributed by atoms with Gasteiger partial charge in [0.05, 0.1) is 26.0 Å². The van der Waals surface area contributed by atoms with Gasteiger partial charge in [0.1, 0.15) is 23.9 Å². The summed E-state index contributed by atoms with van der Waals surface area (Å²) in [5, 5.41) is 15.2. The van der Waals surface area contributed by atoms with Crippen molar-refractivity contribution in [3.63, 3.8) is 0 Å². The summed E-state index contributed by atoms with van der Waals surface area (Å²) in [5.41, 5.74) is 5.80. The zero-order valence-electron chi connectivity index (χ0n) is 21.8. The summed E-state index contributed by atoms with van der Waals surface area (Å²) in [4.78, 5) is 28.7. The van der Waals surface area contributed by atoms with Crippen LogP contribution in [-0.2, 0) is 0 Å². The van der Waals surface area contributed by atoms with Gasteiger partial charge in [0.15, 0.2) is 5.76 Å². The zero-order valence-corrected chi connectivity index (χ0v) is 23.4. The molecule has 0 spiro atoms. The molecule has 1 amide bonds. The van der Waals surface area contributed by atoms with E-state index in [1.807, 2.05) is 11.8 Å². The molecule has 0 saturated carbocycles. The molecule has 0 atom stereocenters. The van der Waals surface area contributed by atoms with Gasteiger partial charge in [-0.1, -0.05) is 17.4 Å². The number of carbonyl (C=O) groups is 1. The Balaban J connectivity index is 1.47. The number of amides is 1. The molecule has 0 aliphatic carbocycles.